The first-order valence-electron chi connectivity index (χ1n) is 8.25. The number of nitrogens with zero attached hydrogens (tertiary/aromatic N) is 1. The van der Waals surface area contributed by atoms with Crippen LogP contribution in [0.1, 0.15) is 22.9 Å². The van der Waals surface area contributed by atoms with Gasteiger partial charge >= 0.3 is 0 Å². The number of hydrogen-bond donors (Lipinski definition) is 1. The molecule has 136 valence electrons. The first-order valence-corrected chi connectivity index (χ1v) is 10.2. The molecule has 1 aromatic heterocycles. The Bertz CT molecular complexity index is 717. The number of halogens is 2. The van der Waals surface area contributed by atoms with Crippen molar-refractivity contribution in [2.75, 3.05) is 40.4 Å². The Hall–Kier alpha value is -0.790. The number of rotatable bonds is 5. The minimum absolute atomic E-state index is 0.131. The molecule has 1 fully saturated rings. The third-order valence-corrected chi connectivity index (χ3v) is 6.37. The fraction of sp³-hybridized carbons (Fsp3) is 0.444. The van der Waals surface area contributed by atoms with Crippen LogP contribution in [0.3, 0.4) is 0 Å². The van der Waals surface area contributed by atoms with Crippen molar-refractivity contribution in [3.8, 4) is 11.5 Å². The zero-order valence-electron chi connectivity index (χ0n) is 14.4. The van der Waals surface area contributed by atoms with Crippen LogP contribution in [0.15, 0.2) is 28.7 Å². The van der Waals surface area contributed by atoms with Gasteiger partial charge in [-0.05, 0) is 42.8 Å². The van der Waals surface area contributed by atoms with Crippen molar-refractivity contribution in [3.63, 3.8) is 0 Å². The Morgan fingerprint density at radius 2 is 1.92 bits per heavy atom. The third-order valence-electron chi connectivity index (χ3n) is 4.40. The van der Waals surface area contributed by atoms with E-state index in [0.717, 1.165) is 58.5 Å². The van der Waals surface area contributed by atoms with Crippen molar-refractivity contribution in [3.05, 3.63) is 43.5 Å². The van der Waals surface area contributed by atoms with Gasteiger partial charge in [0.2, 0.25) is 0 Å². The molecule has 4 nitrogen and oxygen atoms in total. The lowest BCUT2D eigenvalue weighted by molar-refractivity contribution is 0.242. The van der Waals surface area contributed by atoms with Gasteiger partial charge in [0.15, 0.2) is 11.5 Å². The van der Waals surface area contributed by atoms with E-state index >= 15 is 0 Å². The monoisotopic (exact) mass is 444 g/mol. The standard InChI is InChI=1S/C18H22BrClN2O2S/c1-23-14-10-12(13(19)11-15(14)24-2)18(16-4-5-17(20)25-16)22-8-3-6-21-7-9-22/h4-5,10-11,18,21H,3,6-9H2,1-2H3. The summed E-state index contributed by atoms with van der Waals surface area (Å²) < 4.78 is 12.8. The number of benzene rings is 1. The van der Waals surface area contributed by atoms with Gasteiger partial charge in [0.25, 0.3) is 0 Å². The number of ether oxygens (including phenoxy) is 2. The molecule has 1 unspecified atom stereocenters. The van der Waals surface area contributed by atoms with Crippen molar-refractivity contribution >= 4 is 38.9 Å². The zero-order valence-corrected chi connectivity index (χ0v) is 17.5. The molecule has 7 heteroatoms. The SMILES string of the molecule is COc1cc(Br)c(C(c2ccc(Cl)s2)N2CCCNCC2)cc1OC. The maximum Gasteiger partial charge on any atom is 0.161 e. The van der Waals surface area contributed by atoms with Crippen molar-refractivity contribution in [1.82, 2.24) is 10.2 Å². The van der Waals surface area contributed by atoms with E-state index in [1.165, 1.54) is 4.88 Å². The first-order chi connectivity index (χ1) is 12.1. The molecule has 1 saturated heterocycles. The highest BCUT2D eigenvalue weighted by Crippen LogP contribution is 2.42. The highest BCUT2D eigenvalue weighted by atomic mass is 79.9. The quantitative estimate of drug-likeness (QED) is 0.731. The van der Waals surface area contributed by atoms with Gasteiger partial charge < -0.3 is 14.8 Å². The lowest BCUT2D eigenvalue weighted by Gasteiger charge is -2.31. The summed E-state index contributed by atoms with van der Waals surface area (Å²) >= 11 is 11.6. The summed E-state index contributed by atoms with van der Waals surface area (Å²) in [6.45, 7) is 4.07. The molecule has 0 radical (unpaired) electrons. The molecule has 25 heavy (non-hydrogen) atoms. The van der Waals surface area contributed by atoms with E-state index < -0.39 is 0 Å². The Morgan fingerprint density at radius 1 is 1.16 bits per heavy atom. The lowest BCUT2D eigenvalue weighted by atomic mass is 10.0. The average Bonchev–Trinajstić information content (AvgIpc) is 2.87. The molecule has 1 aliphatic heterocycles. The molecule has 0 saturated carbocycles. The van der Waals surface area contributed by atoms with Gasteiger partial charge in [0, 0.05) is 29.0 Å². The predicted molar refractivity (Wildman–Crippen MR) is 107 cm³/mol. The summed E-state index contributed by atoms with van der Waals surface area (Å²) in [7, 11) is 3.32. The lowest BCUT2D eigenvalue weighted by Crippen LogP contribution is -2.32. The molecule has 2 aromatic rings. The molecule has 1 aliphatic rings. The van der Waals surface area contributed by atoms with Crippen LogP contribution in [-0.2, 0) is 0 Å². The molecule has 0 amide bonds. The van der Waals surface area contributed by atoms with Crippen molar-refractivity contribution in [2.24, 2.45) is 0 Å². The normalized spacial score (nSPS) is 17.1. The second-order valence-electron chi connectivity index (χ2n) is 5.91. The van der Waals surface area contributed by atoms with E-state index in [4.69, 9.17) is 21.1 Å². The highest BCUT2D eigenvalue weighted by molar-refractivity contribution is 9.10. The number of thiophene rings is 1. The molecule has 1 atom stereocenters. The van der Waals surface area contributed by atoms with Crippen LogP contribution in [0.25, 0.3) is 0 Å². The first kappa shape index (κ1) is 19.0. The third kappa shape index (κ3) is 4.31. The van der Waals surface area contributed by atoms with Gasteiger partial charge in [-0.3, -0.25) is 4.90 Å². The van der Waals surface area contributed by atoms with E-state index in [0.29, 0.717) is 0 Å². The van der Waals surface area contributed by atoms with Crippen LogP contribution >= 0.6 is 38.9 Å². The predicted octanol–water partition coefficient (Wildman–Crippen LogP) is 4.57. The van der Waals surface area contributed by atoms with E-state index in [2.05, 4.69) is 38.3 Å². The maximum absolute atomic E-state index is 6.24. The summed E-state index contributed by atoms with van der Waals surface area (Å²) in [4.78, 5) is 3.74. The van der Waals surface area contributed by atoms with Crippen LogP contribution in [-0.4, -0.2) is 45.3 Å². The number of nitrogens with one attached hydrogen (secondary N) is 1. The zero-order chi connectivity index (χ0) is 17.8. The van der Waals surface area contributed by atoms with Gasteiger partial charge in [-0.2, -0.15) is 0 Å². The molecular weight excluding hydrogens is 424 g/mol. The fourth-order valence-corrected chi connectivity index (χ4v) is 4.96. The molecule has 0 aliphatic carbocycles. The van der Waals surface area contributed by atoms with Gasteiger partial charge in [0.1, 0.15) is 0 Å². The number of hydrogen-bond acceptors (Lipinski definition) is 5. The van der Waals surface area contributed by atoms with Crippen LogP contribution in [0.4, 0.5) is 0 Å². The topological polar surface area (TPSA) is 33.7 Å². The Kier molecular flexibility index (Phi) is 6.63. The van der Waals surface area contributed by atoms with E-state index in [1.807, 2.05) is 12.1 Å². The van der Waals surface area contributed by atoms with E-state index in [9.17, 15) is 0 Å². The summed E-state index contributed by atoms with van der Waals surface area (Å²) in [5.74, 6) is 1.46. The maximum atomic E-state index is 6.24. The minimum Gasteiger partial charge on any atom is -0.493 e. The molecular formula is C18H22BrClN2O2S. The molecule has 1 N–H and O–H groups in total. The largest absolute Gasteiger partial charge is 0.493 e. The molecule has 2 heterocycles. The van der Waals surface area contributed by atoms with Crippen LogP contribution in [0.5, 0.6) is 11.5 Å². The Balaban J connectivity index is 2.07. The van der Waals surface area contributed by atoms with Gasteiger partial charge in [0.05, 0.1) is 24.6 Å². The van der Waals surface area contributed by atoms with Crippen LogP contribution < -0.4 is 14.8 Å². The minimum atomic E-state index is 0.131. The smallest absolute Gasteiger partial charge is 0.161 e. The number of methoxy groups -OCH3 is 2. The second kappa shape index (κ2) is 8.73. The summed E-state index contributed by atoms with van der Waals surface area (Å²) in [5, 5.41) is 3.47. The van der Waals surface area contributed by atoms with E-state index in [1.54, 1.807) is 25.6 Å². The molecule has 1 aromatic carbocycles. The Labute approximate surface area is 166 Å². The van der Waals surface area contributed by atoms with E-state index in [-0.39, 0.29) is 6.04 Å². The van der Waals surface area contributed by atoms with Crippen molar-refractivity contribution in [2.45, 2.75) is 12.5 Å². The van der Waals surface area contributed by atoms with Gasteiger partial charge in [-0.15, -0.1) is 11.3 Å². The molecule has 3 rings (SSSR count). The van der Waals surface area contributed by atoms with Crippen LogP contribution in [0, 0.1) is 0 Å². The Morgan fingerprint density at radius 3 is 2.60 bits per heavy atom. The van der Waals surface area contributed by atoms with Gasteiger partial charge in [-0.25, -0.2) is 0 Å². The molecule has 0 spiro atoms. The van der Waals surface area contributed by atoms with Crippen molar-refractivity contribution in [1.29, 1.82) is 0 Å². The summed E-state index contributed by atoms with van der Waals surface area (Å²) in [6, 6.07) is 8.27. The average molecular weight is 446 g/mol. The van der Waals surface area contributed by atoms with Gasteiger partial charge in [-0.1, -0.05) is 27.5 Å². The summed E-state index contributed by atoms with van der Waals surface area (Å²) in [5.41, 5.74) is 1.16. The fourth-order valence-electron chi connectivity index (χ4n) is 3.21. The summed E-state index contributed by atoms with van der Waals surface area (Å²) in [6.07, 6.45) is 1.13. The highest BCUT2D eigenvalue weighted by Gasteiger charge is 2.27. The second-order valence-corrected chi connectivity index (χ2v) is 8.51. The van der Waals surface area contributed by atoms with Crippen molar-refractivity contribution < 1.29 is 9.47 Å². The molecule has 0 bridgehead atoms. The van der Waals surface area contributed by atoms with Crippen LogP contribution in [0.2, 0.25) is 4.34 Å².